The Morgan fingerprint density at radius 3 is 2.87 bits per heavy atom. The van der Waals surface area contributed by atoms with Gasteiger partial charge in [-0.2, -0.15) is 0 Å². The predicted molar refractivity (Wildman–Crippen MR) is 64.2 cm³/mol. The fourth-order valence-electron chi connectivity index (χ4n) is 2.08. The molecule has 15 heavy (non-hydrogen) atoms. The van der Waals surface area contributed by atoms with Gasteiger partial charge in [0, 0.05) is 45.4 Å². The highest BCUT2D eigenvalue weighted by Gasteiger charge is 2.22. The van der Waals surface area contributed by atoms with Gasteiger partial charge in [-0.05, 0) is 13.8 Å². The number of piperazine rings is 1. The summed E-state index contributed by atoms with van der Waals surface area (Å²) in [5.41, 5.74) is 0. The summed E-state index contributed by atoms with van der Waals surface area (Å²) in [7, 11) is 0. The highest BCUT2D eigenvalue weighted by atomic mass is 16.5. The van der Waals surface area contributed by atoms with E-state index in [1.165, 1.54) is 0 Å². The summed E-state index contributed by atoms with van der Waals surface area (Å²) in [6.45, 7) is 15.4. The number of rotatable bonds is 6. The van der Waals surface area contributed by atoms with Gasteiger partial charge in [-0.25, -0.2) is 0 Å². The number of hydrogen-bond donors (Lipinski definition) is 0. The maximum absolute atomic E-state index is 5.39. The summed E-state index contributed by atoms with van der Waals surface area (Å²) < 4.78 is 5.39. The van der Waals surface area contributed by atoms with Crippen molar-refractivity contribution in [3.05, 3.63) is 12.7 Å². The third-order valence-corrected chi connectivity index (χ3v) is 2.96. The summed E-state index contributed by atoms with van der Waals surface area (Å²) in [6.07, 6.45) is 1.99. The Balaban J connectivity index is 2.22. The first-order chi connectivity index (χ1) is 7.27. The van der Waals surface area contributed by atoms with Gasteiger partial charge >= 0.3 is 0 Å². The third kappa shape index (κ3) is 4.33. The molecule has 1 saturated heterocycles. The van der Waals surface area contributed by atoms with Crippen molar-refractivity contribution in [1.29, 1.82) is 0 Å². The molecule has 1 aliphatic rings. The van der Waals surface area contributed by atoms with Crippen molar-refractivity contribution in [2.75, 3.05) is 45.9 Å². The van der Waals surface area contributed by atoms with E-state index in [1.54, 1.807) is 0 Å². The Labute approximate surface area is 93.7 Å². The third-order valence-electron chi connectivity index (χ3n) is 2.96. The largest absolute Gasteiger partial charge is 0.380 e. The van der Waals surface area contributed by atoms with Crippen molar-refractivity contribution >= 4 is 0 Å². The first-order valence-electron chi connectivity index (χ1n) is 5.93. The molecular formula is C12H24N2O. The second-order valence-corrected chi connectivity index (χ2v) is 4.13. The van der Waals surface area contributed by atoms with Gasteiger partial charge in [0.1, 0.15) is 0 Å². The lowest BCUT2D eigenvalue weighted by molar-refractivity contribution is 0.0535. The topological polar surface area (TPSA) is 15.7 Å². The van der Waals surface area contributed by atoms with Crippen LogP contribution in [-0.4, -0.2) is 61.8 Å². The molecule has 3 heteroatoms. The molecule has 1 aliphatic heterocycles. The fraction of sp³-hybridized carbons (Fsp3) is 0.833. The Hall–Kier alpha value is -0.380. The first kappa shape index (κ1) is 12.7. The fourth-order valence-corrected chi connectivity index (χ4v) is 2.08. The Bertz CT molecular complexity index is 184. The standard InChI is InChI=1S/C12H24N2O/c1-4-6-13-7-8-14(12(3)11-13)9-10-15-5-2/h4,12H,1,5-11H2,2-3H3/t12-/m1/s1. The van der Waals surface area contributed by atoms with Crippen molar-refractivity contribution in [2.24, 2.45) is 0 Å². The van der Waals surface area contributed by atoms with Crippen LogP contribution in [-0.2, 0) is 4.74 Å². The van der Waals surface area contributed by atoms with Gasteiger partial charge in [-0.1, -0.05) is 6.08 Å². The van der Waals surface area contributed by atoms with E-state index >= 15 is 0 Å². The highest BCUT2D eigenvalue weighted by Crippen LogP contribution is 2.08. The maximum Gasteiger partial charge on any atom is 0.0593 e. The zero-order valence-corrected chi connectivity index (χ0v) is 10.1. The quantitative estimate of drug-likeness (QED) is 0.486. The molecule has 88 valence electrons. The molecule has 0 radical (unpaired) electrons. The molecule has 0 amide bonds. The lowest BCUT2D eigenvalue weighted by Gasteiger charge is -2.39. The molecule has 0 aromatic carbocycles. The predicted octanol–water partition coefficient (Wildman–Crippen LogP) is 1.21. The minimum absolute atomic E-state index is 0.638. The molecule has 0 aromatic heterocycles. The van der Waals surface area contributed by atoms with Gasteiger partial charge in [0.15, 0.2) is 0 Å². The molecule has 1 fully saturated rings. The zero-order valence-electron chi connectivity index (χ0n) is 10.1. The van der Waals surface area contributed by atoms with Crippen LogP contribution in [0.2, 0.25) is 0 Å². The summed E-state index contributed by atoms with van der Waals surface area (Å²) >= 11 is 0. The molecule has 0 spiro atoms. The van der Waals surface area contributed by atoms with E-state index in [1.807, 2.05) is 13.0 Å². The minimum Gasteiger partial charge on any atom is -0.380 e. The molecule has 0 saturated carbocycles. The highest BCUT2D eigenvalue weighted by molar-refractivity contribution is 4.83. The van der Waals surface area contributed by atoms with Crippen LogP contribution in [0.1, 0.15) is 13.8 Å². The number of nitrogens with zero attached hydrogens (tertiary/aromatic N) is 2. The van der Waals surface area contributed by atoms with E-state index in [0.29, 0.717) is 6.04 Å². The van der Waals surface area contributed by atoms with Crippen LogP contribution >= 0.6 is 0 Å². The maximum atomic E-state index is 5.39. The minimum atomic E-state index is 0.638. The molecule has 3 nitrogen and oxygen atoms in total. The van der Waals surface area contributed by atoms with E-state index in [0.717, 1.165) is 45.9 Å². The van der Waals surface area contributed by atoms with Crippen LogP contribution in [0, 0.1) is 0 Å². The zero-order chi connectivity index (χ0) is 11.1. The Morgan fingerprint density at radius 2 is 2.27 bits per heavy atom. The Kier molecular flexibility index (Phi) is 5.91. The average molecular weight is 212 g/mol. The van der Waals surface area contributed by atoms with Crippen LogP contribution in [0.15, 0.2) is 12.7 Å². The van der Waals surface area contributed by atoms with Crippen molar-refractivity contribution in [2.45, 2.75) is 19.9 Å². The molecular weight excluding hydrogens is 188 g/mol. The number of ether oxygens (including phenoxy) is 1. The Morgan fingerprint density at radius 1 is 1.47 bits per heavy atom. The van der Waals surface area contributed by atoms with Gasteiger partial charge in [0.2, 0.25) is 0 Å². The van der Waals surface area contributed by atoms with Crippen LogP contribution in [0.4, 0.5) is 0 Å². The summed E-state index contributed by atoms with van der Waals surface area (Å²) in [5, 5.41) is 0. The average Bonchev–Trinajstić information content (AvgIpc) is 2.22. The summed E-state index contributed by atoms with van der Waals surface area (Å²) in [5.74, 6) is 0. The first-order valence-corrected chi connectivity index (χ1v) is 5.93. The SMILES string of the molecule is C=CCN1CCN(CCOCC)[C@H](C)C1. The van der Waals surface area contributed by atoms with Gasteiger partial charge in [-0.15, -0.1) is 6.58 Å². The van der Waals surface area contributed by atoms with Gasteiger partial charge < -0.3 is 4.74 Å². The molecule has 0 bridgehead atoms. The molecule has 1 heterocycles. The number of hydrogen-bond acceptors (Lipinski definition) is 3. The summed E-state index contributed by atoms with van der Waals surface area (Å²) in [6, 6.07) is 0.638. The normalized spacial score (nSPS) is 24.3. The molecule has 0 N–H and O–H groups in total. The van der Waals surface area contributed by atoms with E-state index in [4.69, 9.17) is 4.74 Å². The van der Waals surface area contributed by atoms with Crippen LogP contribution < -0.4 is 0 Å². The van der Waals surface area contributed by atoms with Crippen molar-refractivity contribution < 1.29 is 4.74 Å². The van der Waals surface area contributed by atoms with Crippen molar-refractivity contribution in [3.8, 4) is 0 Å². The van der Waals surface area contributed by atoms with Gasteiger partial charge in [0.05, 0.1) is 6.61 Å². The lowest BCUT2D eigenvalue weighted by Crippen LogP contribution is -2.52. The second-order valence-electron chi connectivity index (χ2n) is 4.13. The van der Waals surface area contributed by atoms with E-state index < -0.39 is 0 Å². The van der Waals surface area contributed by atoms with Crippen LogP contribution in [0.25, 0.3) is 0 Å². The van der Waals surface area contributed by atoms with Gasteiger partial charge in [-0.3, -0.25) is 9.80 Å². The smallest absolute Gasteiger partial charge is 0.0593 e. The lowest BCUT2D eigenvalue weighted by atomic mass is 10.2. The molecule has 0 aromatic rings. The van der Waals surface area contributed by atoms with Crippen molar-refractivity contribution in [3.63, 3.8) is 0 Å². The van der Waals surface area contributed by atoms with E-state index in [9.17, 15) is 0 Å². The van der Waals surface area contributed by atoms with E-state index in [2.05, 4.69) is 23.3 Å². The van der Waals surface area contributed by atoms with Crippen LogP contribution in [0.3, 0.4) is 0 Å². The van der Waals surface area contributed by atoms with Gasteiger partial charge in [0.25, 0.3) is 0 Å². The molecule has 1 atom stereocenters. The second kappa shape index (κ2) is 6.99. The monoisotopic (exact) mass is 212 g/mol. The molecule has 0 unspecified atom stereocenters. The molecule has 1 rings (SSSR count). The van der Waals surface area contributed by atoms with Crippen LogP contribution in [0.5, 0.6) is 0 Å². The van der Waals surface area contributed by atoms with Crippen molar-refractivity contribution in [1.82, 2.24) is 9.80 Å². The van der Waals surface area contributed by atoms with E-state index in [-0.39, 0.29) is 0 Å². The summed E-state index contributed by atoms with van der Waals surface area (Å²) in [4.78, 5) is 4.96. The molecule has 0 aliphatic carbocycles.